The molecule has 2 aromatic carbocycles. The van der Waals surface area contributed by atoms with Crippen LogP contribution in [0.5, 0.6) is 0 Å². The van der Waals surface area contributed by atoms with Crippen molar-refractivity contribution < 1.29 is 24.3 Å². The van der Waals surface area contributed by atoms with Gasteiger partial charge in [0.25, 0.3) is 5.91 Å². The first-order chi connectivity index (χ1) is 14.4. The van der Waals surface area contributed by atoms with Crippen molar-refractivity contribution in [2.75, 3.05) is 10.2 Å². The first-order valence-electron chi connectivity index (χ1n) is 10.1. The van der Waals surface area contributed by atoms with Gasteiger partial charge in [-0.15, -0.1) is 0 Å². The number of carboxylic acids is 1. The van der Waals surface area contributed by atoms with Crippen LogP contribution in [0.1, 0.15) is 40.0 Å². The van der Waals surface area contributed by atoms with E-state index in [0.717, 1.165) is 19.3 Å². The lowest BCUT2D eigenvalue weighted by Gasteiger charge is -2.19. The minimum atomic E-state index is -1.08. The average Bonchev–Trinajstić information content (AvgIpc) is 3.42. The third-order valence-electron chi connectivity index (χ3n) is 6.66. The highest BCUT2D eigenvalue weighted by Gasteiger charge is 2.61. The molecule has 1 heterocycles. The largest absolute Gasteiger partial charge is 0.478 e. The summed E-state index contributed by atoms with van der Waals surface area (Å²) in [5.74, 6) is -1.66. The van der Waals surface area contributed by atoms with Crippen LogP contribution in [0.4, 0.5) is 11.4 Å². The Morgan fingerprint density at radius 2 is 1.53 bits per heavy atom. The number of imide groups is 1. The van der Waals surface area contributed by atoms with E-state index < -0.39 is 11.9 Å². The van der Waals surface area contributed by atoms with Crippen molar-refractivity contribution in [2.24, 2.45) is 23.7 Å². The van der Waals surface area contributed by atoms with Crippen molar-refractivity contribution in [3.8, 4) is 0 Å². The molecule has 5 rings (SSSR count). The normalized spacial score (nSPS) is 26.7. The van der Waals surface area contributed by atoms with Crippen LogP contribution in [-0.4, -0.2) is 28.8 Å². The number of hydrogen-bond donors (Lipinski definition) is 2. The first kappa shape index (κ1) is 18.5. The molecule has 2 aromatic rings. The number of carboxylic acid groups (broad SMARTS) is 1. The van der Waals surface area contributed by atoms with Gasteiger partial charge in [0, 0.05) is 11.3 Å². The maximum atomic E-state index is 13.0. The lowest BCUT2D eigenvalue weighted by atomic mass is 9.81. The number of hydrogen-bond acceptors (Lipinski definition) is 4. The molecular weight excluding hydrogens is 384 g/mol. The van der Waals surface area contributed by atoms with Crippen LogP contribution in [0, 0.1) is 23.7 Å². The molecule has 3 amide bonds. The zero-order chi connectivity index (χ0) is 21.0. The number of carbonyl (C=O) groups is 4. The number of benzene rings is 2. The molecule has 7 heteroatoms. The lowest BCUT2D eigenvalue weighted by Crippen LogP contribution is -2.33. The van der Waals surface area contributed by atoms with Crippen molar-refractivity contribution in [1.29, 1.82) is 0 Å². The zero-order valence-corrected chi connectivity index (χ0v) is 16.1. The number of nitrogens with one attached hydrogen (secondary N) is 1. The highest BCUT2D eigenvalue weighted by atomic mass is 16.4. The third-order valence-corrected chi connectivity index (χ3v) is 6.66. The summed E-state index contributed by atoms with van der Waals surface area (Å²) >= 11 is 0. The molecule has 0 radical (unpaired) electrons. The molecule has 2 N–H and O–H groups in total. The molecule has 0 aromatic heterocycles. The summed E-state index contributed by atoms with van der Waals surface area (Å²) < 4.78 is 0. The standard InChI is InChI=1S/C23H20N2O5/c26-20(24-16-5-1-4-15(10-16)23(29)30)14-3-2-6-17(11-14)25-21(27)18-12-7-8-13(9-12)19(18)22(25)28/h1-6,10-13,18-19H,7-9H2,(H,24,26)(H,29,30)/t12-,13-,18+,19+/m0/s1. The van der Waals surface area contributed by atoms with Crippen LogP contribution >= 0.6 is 0 Å². The Balaban J connectivity index is 1.39. The fourth-order valence-corrected chi connectivity index (χ4v) is 5.38. The molecule has 0 unspecified atom stereocenters. The van der Waals surface area contributed by atoms with E-state index in [-0.39, 0.29) is 34.8 Å². The summed E-state index contributed by atoms with van der Waals surface area (Å²) in [6.07, 6.45) is 2.99. The highest BCUT2D eigenvalue weighted by molar-refractivity contribution is 6.23. The lowest BCUT2D eigenvalue weighted by molar-refractivity contribution is -0.123. The van der Waals surface area contributed by atoms with E-state index >= 15 is 0 Å². The number of rotatable bonds is 4. The molecule has 152 valence electrons. The topological polar surface area (TPSA) is 104 Å². The third kappa shape index (κ3) is 2.81. The smallest absolute Gasteiger partial charge is 0.335 e. The quantitative estimate of drug-likeness (QED) is 0.762. The average molecular weight is 404 g/mol. The van der Waals surface area contributed by atoms with Gasteiger partial charge in [0.05, 0.1) is 23.1 Å². The monoisotopic (exact) mass is 404 g/mol. The Morgan fingerprint density at radius 3 is 2.20 bits per heavy atom. The van der Waals surface area contributed by atoms with Crippen molar-refractivity contribution in [3.63, 3.8) is 0 Å². The molecule has 1 saturated heterocycles. The Morgan fingerprint density at radius 1 is 0.900 bits per heavy atom. The number of carbonyl (C=O) groups excluding carboxylic acids is 3. The van der Waals surface area contributed by atoms with Gasteiger partial charge in [0.1, 0.15) is 0 Å². The number of anilines is 2. The molecule has 3 aliphatic rings. The Hall–Kier alpha value is -3.48. The summed E-state index contributed by atoms with van der Waals surface area (Å²) in [4.78, 5) is 51.1. The number of amides is 3. The molecule has 4 atom stereocenters. The van der Waals surface area contributed by atoms with E-state index in [2.05, 4.69) is 5.32 Å². The van der Waals surface area contributed by atoms with E-state index in [9.17, 15) is 19.2 Å². The predicted octanol–water partition coefficient (Wildman–Crippen LogP) is 3.17. The number of fused-ring (bicyclic) bond motifs is 5. The van der Waals surface area contributed by atoms with E-state index in [1.807, 2.05) is 0 Å². The van der Waals surface area contributed by atoms with E-state index in [1.54, 1.807) is 30.3 Å². The van der Waals surface area contributed by atoms with Crippen LogP contribution < -0.4 is 10.2 Å². The Labute approximate surface area is 172 Å². The van der Waals surface area contributed by atoms with Crippen LogP contribution in [0.25, 0.3) is 0 Å². The van der Waals surface area contributed by atoms with Gasteiger partial charge in [0.15, 0.2) is 0 Å². The second-order valence-electron chi connectivity index (χ2n) is 8.29. The summed E-state index contributed by atoms with van der Waals surface area (Å²) in [7, 11) is 0. The summed E-state index contributed by atoms with van der Waals surface area (Å²) in [6, 6.07) is 12.4. The van der Waals surface area contributed by atoms with Gasteiger partial charge in [-0.3, -0.25) is 19.3 Å². The fraction of sp³-hybridized carbons (Fsp3) is 0.304. The summed E-state index contributed by atoms with van der Waals surface area (Å²) in [5, 5.41) is 11.8. The minimum Gasteiger partial charge on any atom is -0.478 e. The molecule has 0 spiro atoms. The van der Waals surface area contributed by atoms with Gasteiger partial charge in [-0.05, 0) is 67.5 Å². The second-order valence-corrected chi connectivity index (χ2v) is 8.29. The van der Waals surface area contributed by atoms with Gasteiger partial charge in [-0.2, -0.15) is 0 Å². The highest BCUT2D eigenvalue weighted by Crippen LogP contribution is 2.56. The zero-order valence-electron chi connectivity index (χ0n) is 16.1. The molecule has 30 heavy (non-hydrogen) atoms. The molecule has 7 nitrogen and oxygen atoms in total. The van der Waals surface area contributed by atoms with E-state index in [0.29, 0.717) is 23.2 Å². The van der Waals surface area contributed by atoms with E-state index in [1.165, 1.54) is 23.1 Å². The van der Waals surface area contributed by atoms with Crippen LogP contribution in [0.15, 0.2) is 48.5 Å². The Bertz CT molecular complexity index is 1070. The maximum Gasteiger partial charge on any atom is 0.335 e. The van der Waals surface area contributed by atoms with E-state index in [4.69, 9.17) is 5.11 Å². The predicted molar refractivity (Wildman–Crippen MR) is 108 cm³/mol. The molecule has 2 saturated carbocycles. The Kier molecular flexibility index (Phi) is 4.20. The van der Waals surface area contributed by atoms with Gasteiger partial charge < -0.3 is 10.4 Å². The van der Waals surface area contributed by atoms with Crippen molar-refractivity contribution in [1.82, 2.24) is 0 Å². The molecular formula is C23H20N2O5. The second kappa shape index (κ2) is 6.79. The molecule has 2 aliphatic carbocycles. The van der Waals surface area contributed by atoms with Crippen molar-refractivity contribution in [2.45, 2.75) is 19.3 Å². The van der Waals surface area contributed by atoms with Crippen LogP contribution in [-0.2, 0) is 9.59 Å². The van der Waals surface area contributed by atoms with Gasteiger partial charge >= 0.3 is 5.97 Å². The molecule has 3 fully saturated rings. The van der Waals surface area contributed by atoms with Gasteiger partial charge in [-0.1, -0.05) is 12.1 Å². The summed E-state index contributed by atoms with van der Waals surface area (Å²) in [6.45, 7) is 0. The fourth-order valence-electron chi connectivity index (χ4n) is 5.38. The van der Waals surface area contributed by atoms with Crippen molar-refractivity contribution >= 4 is 35.1 Å². The maximum absolute atomic E-state index is 13.0. The molecule has 2 bridgehead atoms. The number of nitrogens with zero attached hydrogens (tertiary/aromatic N) is 1. The van der Waals surface area contributed by atoms with Gasteiger partial charge in [-0.25, -0.2) is 4.79 Å². The molecule has 1 aliphatic heterocycles. The van der Waals surface area contributed by atoms with Crippen LogP contribution in [0.2, 0.25) is 0 Å². The van der Waals surface area contributed by atoms with Crippen molar-refractivity contribution in [3.05, 3.63) is 59.7 Å². The minimum absolute atomic E-state index is 0.0657. The van der Waals surface area contributed by atoms with Gasteiger partial charge in [0.2, 0.25) is 11.8 Å². The SMILES string of the molecule is O=C(O)c1cccc(NC(=O)c2cccc(N3C(=O)[C@@H]4[C@H]5CC[C@@H](C5)[C@H]4C3=O)c2)c1. The van der Waals surface area contributed by atoms with Crippen LogP contribution in [0.3, 0.4) is 0 Å². The first-order valence-corrected chi connectivity index (χ1v) is 10.1. The number of aromatic carboxylic acids is 1. The summed E-state index contributed by atoms with van der Waals surface area (Å²) in [5.41, 5.74) is 1.11.